The number of carbonyl (C=O) groups is 2. The number of rotatable bonds is 4. The molecule has 0 bridgehead atoms. The molecule has 1 heterocycles. The van der Waals surface area contributed by atoms with Gasteiger partial charge in [-0.3, -0.25) is 4.79 Å². The van der Waals surface area contributed by atoms with E-state index >= 15 is 0 Å². The summed E-state index contributed by atoms with van der Waals surface area (Å²) < 4.78 is 0. The predicted octanol–water partition coefficient (Wildman–Crippen LogP) is 0.733. The first kappa shape index (κ1) is 11.3. The monoisotopic (exact) mass is 244 g/mol. The van der Waals surface area contributed by atoms with Crippen LogP contribution >= 0.6 is 0 Å². The van der Waals surface area contributed by atoms with E-state index in [1.54, 1.807) is 11.0 Å². The number of hydrogen-bond acceptors (Lipinski definition) is 3. The summed E-state index contributed by atoms with van der Waals surface area (Å²) in [6.45, 7) is 0.672. The Labute approximate surface area is 105 Å². The lowest BCUT2D eigenvalue weighted by Crippen LogP contribution is -2.34. The first-order valence-electron chi connectivity index (χ1n) is 6.26. The van der Waals surface area contributed by atoms with Crippen LogP contribution in [0, 0.1) is 5.92 Å². The van der Waals surface area contributed by atoms with Crippen molar-refractivity contribution >= 4 is 11.9 Å². The summed E-state index contributed by atoms with van der Waals surface area (Å²) in [6.07, 6.45) is 2.16. The maximum atomic E-state index is 12.3. The summed E-state index contributed by atoms with van der Waals surface area (Å²) >= 11 is 0. The Bertz CT molecular complexity index is 508. The van der Waals surface area contributed by atoms with Crippen molar-refractivity contribution in [3.63, 3.8) is 0 Å². The molecule has 4 nitrogen and oxygen atoms in total. The number of fused-ring (bicyclic) bond motifs is 1. The minimum absolute atomic E-state index is 0.0382. The molecule has 1 aliphatic carbocycles. The molecular formula is C14H14NO3-. The van der Waals surface area contributed by atoms with E-state index in [0.717, 1.165) is 18.4 Å². The van der Waals surface area contributed by atoms with E-state index < -0.39 is 5.97 Å². The Balaban J connectivity index is 1.93. The molecule has 0 spiro atoms. The second kappa shape index (κ2) is 4.12. The lowest BCUT2D eigenvalue weighted by molar-refractivity contribution is -0.306. The van der Waals surface area contributed by atoms with Crippen LogP contribution in [0.15, 0.2) is 24.3 Å². The standard InChI is InChI=1S/C14H15NO3/c16-13(17)7-12-10-3-1-2-4-11(10)14(18)15(12)8-9-5-6-9/h1-4,9,12H,5-8H2,(H,16,17)/p-1. The Hall–Kier alpha value is -1.84. The third-order valence-electron chi connectivity index (χ3n) is 3.70. The molecule has 0 saturated heterocycles. The van der Waals surface area contributed by atoms with E-state index in [4.69, 9.17) is 0 Å². The molecule has 0 radical (unpaired) electrons. The molecule has 1 unspecified atom stereocenters. The summed E-state index contributed by atoms with van der Waals surface area (Å²) in [5, 5.41) is 10.9. The number of hydrogen-bond donors (Lipinski definition) is 0. The minimum Gasteiger partial charge on any atom is -0.550 e. The summed E-state index contributed by atoms with van der Waals surface area (Å²) in [7, 11) is 0. The maximum absolute atomic E-state index is 12.3. The summed E-state index contributed by atoms with van der Waals surface area (Å²) in [6, 6.07) is 6.92. The highest BCUT2D eigenvalue weighted by Gasteiger charge is 2.39. The van der Waals surface area contributed by atoms with Crippen molar-refractivity contribution in [2.45, 2.75) is 25.3 Å². The Morgan fingerprint density at radius 3 is 2.72 bits per heavy atom. The molecule has 0 aromatic heterocycles. The summed E-state index contributed by atoms with van der Waals surface area (Å²) in [5.41, 5.74) is 1.47. The van der Waals surface area contributed by atoms with Crippen LogP contribution in [-0.2, 0) is 4.79 Å². The predicted molar refractivity (Wildman–Crippen MR) is 62.6 cm³/mol. The fourth-order valence-corrected chi connectivity index (χ4v) is 2.61. The van der Waals surface area contributed by atoms with Crippen LogP contribution in [0.5, 0.6) is 0 Å². The van der Waals surface area contributed by atoms with Crippen molar-refractivity contribution in [2.75, 3.05) is 6.54 Å². The van der Waals surface area contributed by atoms with Gasteiger partial charge in [-0.2, -0.15) is 0 Å². The highest BCUT2D eigenvalue weighted by atomic mass is 16.4. The van der Waals surface area contributed by atoms with Gasteiger partial charge in [0, 0.05) is 24.5 Å². The molecule has 94 valence electrons. The maximum Gasteiger partial charge on any atom is 0.254 e. The fraction of sp³-hybridized carbons (Fsp3) is 0.429. The van der Waals surface area contributed by atoms with Crippen LogP contribution in [0.4, 0.5) is 0 Å². The number of aliphatic carboxylic acids is 1. The second-order valence-electron chi connectivity index (χ2n) is 5.08. The zero-order valence-electron chi connectivity index (χ0n) is 9.96. The molecule has 2 aliphatic rings. The largest absolute Gasteiger partial charge is 0.550 e. The third kappa shape index (κ3) is 1.88. The fourth-order valence-electron chi connectivity index (χ4n) is 2.61. The zero-order valence-corrected chi connectivity index (χ0v) is 9.96. The molecule has 1 aromatic carbocycles. The normalized spacial score (nSPS) is 22.1. The van der Waals surface area contributed by atoms with Crippen LogP contribution in [0.25, 0.3) is 0 Å². The lowest BCUT2D eigenvalue weighted by Gasteiger charge is -2.25. The van der Waals surface area contributed by atoms with Gasteiger partial charge in [0.15, 0.2) is 0 Å². The molecule has 1 atom stereocenters. The minimum atomic E-state index is -1.11. The molecule has 1 saturated carbocycles. The Kier molecular flexibility index (Phi) is 2.58. The van der Waals surface area contributed by atoms with Crippen LogP contribution < -0.4 is 5.11 Å². The molecule has 3 rings (SSSR count). The van der Waals surface area contributed by atoms with Gasteiger partial charge in [0.1, 0.15) is 0 Å². The van der Waals surface area contributed by atoms with Gasteiger partial charge in [-0.05, 0) is 30.4 Å². The number of nitrogens with zero attached hydrogens (tertiary/aromatic N) is 1. The van der Waals surface area contributed by atoms with Crippen molar-refractivity contribution in [1.82, 2.24) is 4.90 Å². The van der Waals surface area contributed by atoms with Crippen molar-refractivity contribution < 1.29 is 14.7 Å². The van der Waals surface area contributed by atoms with Crippen LogP contribution in [0.1, 0.15) is 41.2 Å². The average Bonchev–Trinajstić information content (AvgIpc) is 3.12. The van der Waals surface area contributed by atoms with Gasteiger partial charge in [0.05, 0.1) is 6.04 Å². The van der Waals surface area contributed by atoms with E-state index in [1.807, 2.05) is 18.2 Å². The van der Waals surface area contributed by atoms with E-state index in [-0.39, 0.29) is 18.4 Å². The van der Waals surface area contributed by atoms with Gasteiger partial charge in [-0.25, -0.2) is 0 Å². The number of carboxylic acid groups (broad SMARTS) is 1. The topological polar surface area (TPSA) is 60.4 Å². The van der Waals surface area contributed by atoms with Crippen molar-refractivity contribution in [3.05, 3.63) is 35.4 Å². The SMILES string of the molecule is O=C([O-])CC1c2ccccc2C(=O)N1CC1CC1. The first-order valence-corrected chi connectivity index (χ1v) is 6.26. The molecular weight excluding hydrogens is 230 g/mol. The van der Waals surface area contributed by atoms with Crippen molar-refractivity contribution in [2.24, 2.45) is 5.92 Å². The molecule has 1 aliphatic heterocycles. The van der Waals surface area contributed by atoms with Crippen LogP contribution in [-0.4, -0.2) is 23.3 Å². The molecule has 18 heavy (non-hydrogen) atoms. The second-order valence-corrected chi connectivity index (χ2v) is 5.08. The highest BCUT2D eigenvalue weighted by molar-refractivity contribution is 5.99. The van der Waals surface area contributed by atoms with Crippen molar-refractivity contribution in [3.8, 4) is 0 Å². The van der Waals surface area contributed by atoms with E-state index in [1.165, 1.54) is 0 Å². The van der Waals surface area contributed by atoms with Gasteiger partial charge in [0.25, 0.3) is 5.91 Å². The number of amides is 1. The number of benzene rings is 1. The summed E-state index contributed by atoms with van der Waals surface area (Å²) in [5.74, 6) is -0.596. The van der Waals surface area contributed by atoms with Gasteiger partial charge >= 0.3 is 0 Å². The highest BCUT2D eigenvalue weighted by Crippen LogP contribution is 2.39. The molecule has 4 heteroatoms. The average molecular weight is 244 g/mol. The smallest absolute Gasteiger partial charge is 0.254 e. The number of carbonyl (C=O) groups excluding carboxylic acids is 2. The zero-order chi connectivity index (χ0) is 12.7. The van der Waals surface area contributed by atoms with Crippen LogP contribution in [0.3, 0.4) is 0 Å². The third-order valence-corrected chi connectivity index (χ3v) is 3.70. The molecule has 1 fully saturated rings. The lowest BCUT2D eigenvalue weighted by atomic mass is 10.0. The molecule has 1 amide bonds. The Morgan fingerprint density at radius 2 is 2.06 bits per heavy atom. The van der Waals surface area contributed by atoms with E-state index in [0.29, 0.717) is 18.0 Å². The molecule has 0 N–H and O–H groups in total. The van der Waals surface area contributed by atoms with E-state index in [2.05, 4.69) is 0 Å². The van der Waals surface area contributed by atoms with Gasteiger partial charge in [0.2, 0.25) is 0 Å². The van der Waals surface area contributed by atoms with Gasteiger partial charge < -0.3 is 14.8 Å². The van der Waals surface area contributed by atoms with Crippen LogP contribution in [0.2, 0.25) is 0 Å². The number of carboxylic acids is 1. The Morgan fingerprint density at radius 1 is 1.33 bits per heavy atom. The molecule has 1 aromatic rings. The van der Waals surface area contributed by atoms with Crippen molar-refractivity contribution in [1.29, 1.82) is 0 Å². The van der Waals surface area contributed by atoms with E-state index in [9.17, 15) is 14.7 Å². The van der Waals surface area contributed by atoms with Gasteiger partial charge in [-0.1, -0.05) is 18.2 Å². The quantitative estimate of drug-likeness (QED) is 0.784. The first-order chi connectivity index (χ1) is 8.66. The summed E-state index contributed by atoms with van der Waals surface area (Å²) in [4.78, 5) is 24.8. The van der Waals surface area contributed by atoms with Gasteiger partial charge in [-0.15, -0.1) is 0 Å².